The van der Waals surface area contributed by atoms with Crippen LogP contribution in [0.25, 0.3) is 0 Å². The normalized spacial score (nSPS) is 21.3. The molecule has 0 spiro atoms. The van der Waals surface area contributed by atoms with Crippen molar-refractivity contribution in [1.29, 1.82) is 0 Å². The maximum absolute atomic E-state index is 13.1. The van der Waals surface area contributed by atoms with E-state index in [1.165, 1.54) is 41.5 Å². The van der Waals surface area contributed by atoms with Crippen molar-refractivity contribution >= 4 is 17.6 Å². The number of benzene rings is 1. The van der Waals surface area contributed by atoms with Crippen LogP contribution in [-0.2, 0) is 14.3 Å². The van der Waals surface area contributed by atoms with E-state index in [4.69, 9.17) is 4.74 Å². The molecule has 1 N–H and O–H groups in total. The third kappa shape index (κ3) is 3.07. The highest BCUT2D eigenvalue weighted by molar-refractivity contribution is 5.95. The van der Waals surface area contributed by atoms with Crippen LogP contribution in [0.3, 0.4) is 0 Å². The number of anilines is 1. The molecule has 2 amide bonds. The Morgan fingerprint density at radius 1 is 1.35 bits per heavy atom. The third-order valence-corrected chi connectivity index (χ3v) is 3.64. The summed E-state index contributed by atoms with van der Waals surface area (Å²) >= 11 is 0. The van der Waals surface area contributed by atoms with Crippen LogP contribution in [0.5, 0.6) is 0 Å². The number of ether oxygens (including phenoxy) is 1. The van der Waals surface area contributed by atoms with Crippen LogP contribution >= 0.6 is 0 Å². The first kappa shape index (κ1) is 15.2. The number of aromatic nitrogens is 1. The largest absolute Gasteiger partial charge is 0.363 e. The predicted molar refractivity (Wildman–Crippen MR) is 76.8 cm³/mol. The third-order valence-electron chi connectivity index (χ3n) is 3.64. The Morgan fingerprint density at radius 2 is 2.09 bits per heavy atom. The van der Waals surface area contributed by atoms with Crippen molar-refractivity contribution in [3.05, 3.63) is 48.0 Å². The monoisotopic (exact) mass is 319 g/mol. The Bertz CT molecular complexity index is 702. The van der Waals surface area contributed by atoms with Crippen molar-refractivity contribution in [1.82, 2.24) is 10.1 Å². The lowest BCUT2D eigenvalue weighted by Gasteiger charge is -2.38. The highest BCUT2D eigenvalue weighted by Crippen LogP contribution is 2.29. The van der Waals surface area contributed by atoms with Crippen LogP contribution in [0, 0.1) is 5.82 Å². The lowest BCUT2D eigenvalue weighted by atomic mass is 9.97. The second-order valence-electron chi connectivity index (χ2n) is 5.11. The van der Waals surface area contributed by atoms with Crippen LogP contribution in [0.1, 0.15) is 11.6 Å². The van der Waals surface area contributed by atoms with E-state index in [-0.39, 0.29) is 18.3 Å². The molecule has 8 heteroatoms. The fourth-order valence-electron chi connectivity index (χ4n) is 2.46. The number of nitrogens with zero attached hydrogens (tertiary/aromatic N) is 2. The molecule has 2 aromatic rings. The molecule has 1 fully saturated rings. The minimum atomic E-state index is -0.945. The molecule has 1 aromatic carbocycles. The number of morpholine rings is 1. The summed E-state index contributed by atoms with van der Waals surface area (Å²) in [6.07, 6.45) is 0.379. The Morgan fingerprint density at radius 3 is 2.74 bits per heavy atom. The van der Waals surface area contributed by atoms with E-state index < -0.39 is 23.9 Å². The fourth-order valence-corrected chi connectivity index (χ4v) is 2.46. The van der Waals surface area contributed by atoms with E-state index in [2.05, 4.69) is 15.0 Å². The van der Waals surface area contributed by atoms with Crippen LogP contribution < -0.4 is 5.32 Å². The van der Waals surface area contributed by atoms with Crippen LogP contribution in [0.2, 0.25) is 0 Å². The number of hydrogen-bond donors (Lipinski definition) is 1. The molecule has 120 valence electrons. The van der Waals surface area contributed by atoms with Gasteiger partial charge < -0.3 is 19.5 Å². The van der Waals surface area contributed by atoms with E-state index in [1.54, 1.807) is 7.05 Å². The van der Waals surface area contributed by atoms with E-state index in [0.717, 1.165) is 0 Å². The average Bonchev–Trinajstić information content (AvgIpc) is 3.04. The maximum Gasteiger partial charge on any atom is 0.257 e. The van der Waals surface area contributed by atoms with E-state index in [9.17, 15) is 14.0 Å². The summed E-state index contributed by atoms with van der Waals surface area (Å²) in [5.41, 5.74) is 0.599. The molecule has 0 bridgehead atoms. The second-order valence-corrected chi connectivity index (χ2v) is 5.11. The van der Waals surface area contributed by atoms with Crippen LogP contribution in [-0.4, -0.2) is 41.6 Å². The highest BCUT2D eigenvalue weighted by atomic mass is 19.1. The van der Waals surface area contributed by atoms with Gasteiger partial charge in [0.1, 0.15) is 18.7 Å². The Kier molecular flexibility index (Phi) is 4.07. The van der Waals surface area contributed by atoms with Gasteiger partial charge in [0.15, 0.2) is 11.9 Å². The van der Waals surface area contributed by atoms with Gasteiger partial charge in [0.2, 0.25) is 5.91 Å². The summed E-state index contributed by atoms with van der Waals surface area (Å²) in [6.45, 7) is -0.203. The van der Waals surface area contributed by atoms with Crippen molar-refractivity contribution in [3.8, 4) is 0 Å². The van der Waals surface area contributed by atoms with E-state index in [0.29, 0.717) is 5.56 Å². The molecule has 1 aliphatic heterocycles. The van der Waals surface area contributed by atoms with Crippen molar-refractivity contribution in [3.63, 3.8) is 0 Å². The quantitative estimate of drug-likeness (QED) is 0.923. The SMILES string of the molecule is CN1C(=O)CO[C@@H](C(=O)Nc2ccon2)[C@@H]1c1ccc(F)cc1. The van der Waals surface area contributed by atoms with Crippen molar-refractivity contribution in [2.24, 2.45) is 0 Å². The summed E-state index contributed by atoms with van der Waals surface area (Å²) < 4.78 is 23.2. The summed E-state index contributed by atoms with van der Waals surface area (Å²) in [6, 6.07) is 6.42. The fraction of sp³-hybridized carbons (Fsp3) is 0.267. The number of likely N-dealkylation sites (N-methyl/N-ethyl adjacent to an activating group) is 1. The minimum absolute atomic E-state index is 0.203. The maximum atomic E-state index is 13.1. The summed E-state index contributed by atoms with van der Waals surface area (Å²) in [5, 5.41) is 6.16. The Labute approximate surface area is 131 Å². The zero-order chi connectivity index (χ0) is 16.4. The zero-order valence-corrected chi connectivity index (χ0v) is 12.2. The number of amides is 2. The van der Waals surface area contributed by atoms with Gasteiger partial charge in [-0.05, 0) is 17.7 Å². The molecule has 2 atom stereocenters. The van der Waals surface area contributed by atoms with Crippen molar-refractivity contribution in [2.75, 3.05) is 19.0 Å². The van der Waals surface area contributed by atoms with Crippen molar-refractivity contribution in [2.45, 2.75) is 12.1 Å². The molecule has 0 unspecified atom stereocenters. The minimum Gasteiger partial charge on any atom is -0.363 e. The zero-order valence-electron chi connectivity index (χ0n) is 12.2. The van der Waals surface area contributed by atoms with Crippen LogP contribution in [0.4, 0.5) is 10.2 Å². The first-order valence-corrected chi connectivity index (χ1v) is 6.90. The van der Waals surface area contributed by atoms with Gasteiger partial charge in [-0.1, -0.05) is 17.3 Å². The summed E-state index contributed by atoms with van der Waals surface area (Å²) in [4.78, 5) is 25.8. The van der Waals surface area contributed by atoms with Gasteiger partial charge in [-0.2, -0.15) is 0 Å². The van der Waals surface area contributed by atoms with Crippen molar-refractivity contribution < 1.29 is 23.2 Å². The molecule has 1 saturated heterocycles. The molecule has 3 rings (SSSR count). The van der Waals surface area contributed by atoms with Gasteiger partial charge in [-0.25, -0.2) is 4.39 Å². The lowest BCUT2D eigenvalue weighted by molar-refractivity contribution is -0.160. The van der Waals surface area contributed by atoms with Gasteiger partial charge in [-0.3, -0.25) is 9.59 Å². The molecule has 0 aliphatic carbocycles. The molecule has 7 nitrogen and oxygen atoms in total. The van der Waals surface area contributed by atoms with E-state index in [1.807, 2.05) is 0 Å². The first-order chi connectivity index (χ1) is 11.1. The summed E-state index contributed by atoms with van der Waals surface area (Å²) in [7, 11) is 1.58. The molecule has 1 aliphatic rings. The van der Waals surface area contributed by atoms with E-state index >= 15 is 0 Å². The highest BCUT2D eigenvalue weighted by Gasteiger charge is 2.40. The van der Waals surface area contributed by atoms with Gasteiger partial charge >= 0.3 is 0 Å². The number of rotatable bonds is 3. The number of carbonyl (C=O) groups is 2. The molecule has 1 aromatic heterocycles. The van der Waals surface area contributed by atoms with Gasteiger partial charge in [0.25, 0.3) is 5.91 Å². The molecule has 0 radical (unpaired) electrons. The number of halogens is 1. The smallest absolute Gasteiger partial charge is 0.257 e. The first-order valence-electron chi connectivity index (χ1n) is 6.90. The molecule has 2 heterocycles. The number of carbonyl (C=O) groups excluding carboxylic acids is 2. The topological polar surface area (TPSA) is 84.7 Å². The summed E-state index contributed by atoms with van der Waals surface area (Å²) in [5.74, 6) is -0.878. The Hall–Kier alpha value is -2.74. The number of hydrogen-bond acceptors (Lipinski definition) is 5. The average molecular weight is 319 g/mol. The van der Waals surface area contributed by atoms with Gasteiger partial charge in [0.05, 0.1) is 6.04 Å². The molecule has 23 heavy (non-hydrogen) atoms. The predicted octanol–water partition coefficient (Wildman–Crippen LogP) is 1.35. The Balaban J connectivity index is 1.88. The van der Waals surface area contributed by atoms with Crippen LogP contribution in [0.15, 0.2) is 41.1 Å². The second kappa shape index (κ2) is 6.17. The van der Waals surface area contributed by atoms with Gasteiger partial charge in [-0.15, -0.1) is 0 Å². The molecule has 0 saturated carbocycles. The molecular formula is C15H14FN3O4. The number of nitrogens with one attached hydrogen (secondary N) is 1. The molecular weight excluding hydrogens is 305 g/mol. The lowest BCUT2D eigenvalue weighted by Crippen LogP contribution is -2.51. The van der Waals surface area contributed by atoms with Gasteiger partial charge in [0, 0.05) is 13.1 Å². The standard InChI is InChI=1S/C15H14FN3O4/c1-19-12(20)8-22-14(15(21)17-11-6-7-23-18-11)13(19)9-2-4-10(16)5-3-9/h2-7,13-14H,8H2,1H3,(H,17,18,21)/t13-,14+/m0/s1.